The van der Waals surface area contributed by atoms with E-state index >= 15 is 0 Å². The smallest absolute Gasteiger partial charge is 0.225 e. The standard InChI is InChI=1S/C12H16N6/c1-3-11(10-18-8-6-15-16-18)9-17(7-1)12-13-4-2-5-14-12/h2,4-6,8,11H,1,3,7,9-10H2. The second-order valence-electron chi connectivity index (χ2n) is 4.63. The van der Waals surface area contributed by atoms with Crippen LogP contribution in [0.15, 0.2) is 30.9 Å². The monoisotopic (exact) mass is 244 g/mol. The van der Waals surface area contributed by atoms with Crippen LogP contribution in [0, 0.1) is 5.92 Å². The van der Waals surface area contributed by atoms with Gasteiger partial charge in [0.2, 0.25) is 5.95 Å². The van der Waals surface area contributed by atoms with Crippen LogP contribution >= 0.6 is 0 Å². The topological polar surface area (TPSA) is 59.7 Å². The lowest BCUT2D eigenvalue weighted by Gasteiger charge is -2.32. The highest BCUT2D eigenvalue weighted by molar-refractivity contribution is 5.28. The summed E-state index contributed by atoms with van der Waals surface area (Å²) in [7, 11) is 0. The molecule has 2 aromatic heterocycles. The molecule has 0 spiro atoms. The first-order valence-corrected chi connectivity index (χ1v) is 6.28. The molecule has 0 N–H and O–H groups in total. The Morgan fingerprint density at radius 2 is 2.11 bits per heavy atom. The maximum atomic E-state index is 4.31. The zero-order valence-corrected chi connectivity index (χ0v) is 10.2. The lowest BCUT2D eigenvalue weighted by molar-refractivity contribution is 0.346. The van der Waals surface area contributed by atoms with E-state index in [0.717, 1.165) is 25.6 Å². The largest absolute Gasteiger partial charge is 0.340 e. The van der Waals surface area contributed by atoms with Crippen LogP contribution in [0.2, 0.25) is 0 Å². The molecule has 1 fully saturated rings. The summed E-state index contributed by atoms with van der Waals surface area (Å²) < 4.78 is 1.90. The molecular formula is C12H16N6. The minimum Gasteiger partial charge on any atom is -0.340 e. The predicted molar refractivity (Wildman–Crippen MR) is 67.0 cm³/mol. The molecule has 6 heteroatoms. The second kappa shape index (κ2) is 5.12. The average Bonchev–Trinajstić information content (AvgIpc) is 2.93. The molecule has 0 aromatic carbocycles. The fourth-order valence-electron chi connectivity index (χ4n) is 2.44. The van der Waals surface area contributed by atoms with Gasteiger partial charge in [-0.05, 0) is 24.8 Å². The molecule has 0 bridgehead atoms. The molecule has 2 aromatic rings. The lowest BCUT2D eigenvalue weighted by atomic mass is 9.98. The molecule has 1 unspecified atom stereocenters. The van der Waals surface area contributed by atoms with E-state index in [1.54, 1.807) is 18.6 Å². The van der Waals surface area contributed by atoms with Gasteiger partial charge in [-0.1, -0.05) is 5.21 Å². The third-order valence-corrected chi connectivity index (χ3v) is 3.27. The summed E-state index contributed by atoms with van der Waals surface area (Å²) in [5, 5.41) is 7.86. The molecule has 94 valence electrons. The van der Waals surface area contributed by atoms with Gasteiger partial charge in [-0.2, -0.15) is 0 Å². The van der Waals surface area contributed by atoms with Gasteiger partial charge in [0, 0.05) is 38.2 Å². The first kappa shape index (κ1) is 11.1. The first-order valence-electron chi connectivity index (χ1n) is 6.28. The molecular weight excluding hydrogens is 228 g/mol. The molecule has 0 saturated carbocycles. The van der Waals surface area contributed by atoms with Crippen LogP contribution in [0.25, 0.3) is 0 Å². The van der Waals surface area contributed by atoms with Gasteiger partial charge in [0.1, 0.15) is 0 Å². The summed E-state index contributed by atoms with van der Waals surface area (Å²) in [6.45, 7) is 2.95. The van der Waals surface area contributed by atoms with Crippen molar-refractivity contribution in [3.63, 3.8) is 0 Å². The zero-order valence-electron chi connectivity index (χ0n) is 10.2. The van der Waals surface area contributed by atoms with Gasteiger partial charge in [0.05, 0.1) is 6.20 Å². The Kier molecular flexibility index (Phi) is 3.16. The van der Waals surface area contributed by atoms with Crippen molar-refractivity contribution in [2.24, 2.45) is 5.92 Å². The number of nitrogens with zero attached hydrogens (tertiary/aromatic N) is 6. The molecule has 0 radical (unpaired) electrons. The van der Waals surface area contributed by atoms with Crippen molar-refractivity contribution in [2.45, 2.75) is 19.4 Å². The number of anilines is 1. The molecule has 1 aliphatic rings. The van der Waals surface area contributed by atoms with Crippen molar-refractivity contribution in [2.75, 3.05) is 18.0 Å². The Bertz CT molecular complexity index is 469. The molecule has 1 saturated heterocycles. The molecule has 3 heterocycles. The minimum atomic E-state index is 0.587. The third-order valence-electron chi connectivity index (χ3n) is 3.27. The van der Waals surface area contributed by atoms with Crippen molar-refractivity contribution in [3.05, 3.63) is 30.9 Å². The van der Waals surface area contributed by atoms with Crippen LogP contribution in [0.4, 0.5) is 5.95 Å². The van der Waals surface area contributed by atoms with Gasteiger partial charge in [-0.15, -0.1) is 5.10 Å². The molecule has 0 aliphatic carbocycles. The summed E-state index contributed by atoms with van der Waals surface area (Å²) in [6, 6.07) is 1.85. The SMILES string of the molecule is c1cnc(N2CCCC(Cn3ccnn3)C2)nc1. The Hall–Kier alpha value is -1.98. The molecule has 3 rings (SSSR count). The van der Waals surface area contributed by atoms with Crippen molar-refractivity contribution >= 4 is 5.95 Å². The molecule has 0 amide bonds. The van der Waals surface area contributed by atoms with Crippen LogP contribution in [-0.4, -0.2) is 38.1 Å². The number of hydrogen-bond donors (Lipinski definition) is 0. The second-order valence-corrected chi connectivity index (χ2v) is 4.63. The van der Waals surface area contributed by atoms with E-state index in [4.69, 9.17) is 0 Å². The van der Waals surface area contributed by atoms with Crippen molar-refractivity contribution < 1.29 is 0 Å². The highest BCUT2D eigenvalue weighted by Gasteiger charge is 2.21. The lowest BCUT2D eigenvalue weighted by Crippen LogP contribution is -2.38. The Labute approximate surface area is 106 Å². The van der Waals surface area contributed by atoms with Crippen LogP contribution in [0.5, 0.6) is 0 Å². The zero-order chi connectivity index (χ0) is 12.2. The van der Waals surface area contributed by atoms with Crippen molar-refractivity contribution in [1.29, 1.82) is 0 Å². The molecule has 6 nitrogen and oxygen atoms in total. The number of rotatable bonds is 3. The van der Waals surface area contributed by atoms with Crippen molar-refractivity contribution in [3.8, 4) is 0 Å². The van der Waals surface area contributed by atoms with Crippen LogP contribution in [0.1, 0.15) is 12.8 Å². The maximum absolute atomic E-state index is 4.31. The van der Waals surface area contributed by atoms with Gasteiger partial charge < -0.3 is 4.90 Å². The quantitative estimate of drug-likeness (QED) is 0.805. The van der Waals surface area contributed by atoms with E-state index in [1.807, 2.05) is 16.9 Å². The number of piperidine rings is 1. The number of hydrogen-bond acceptors (Lipinski definition) is 5. The van der Waals surface area contributed by atoms with E-state index < -0.39 is 0 Å². The van der Waals surface area contributed by atoms with Crippen LogP contribution in [0.3, 0.4) is 0 Å². The average molecular weight is 244 g/mol. The van der Waals surface area contributed by atoms with E-state index in [-0.39, 0.29) is 0 Å². The fourth-order valence-corrected chi connectivity index (χ4v) is 2.44. The van der Waals surface area contributed by atoms with Gasteiger partial charge in [-0.3, -0.25) is 4.68 Å². The van der Waals surface area contributed by atoms with Gasteiger partial charge >= 0.3 is 0 Å². The first-order chi connectivity index (χ1) is 8.92. The maximum Gasteiger partial charge on any atom is 0.225 e. The highest BCUT2D eigenvalue weighted by atomic mass is 15.4. The van der Waals surface area contributed by atoms with Gasteiger partial charge in [-0.25, -0.2) is 9.97 Å². The molecule has 1 aliphatic heterocycles. The van der Waals surface area contributed by atoms with Crippen LogP contribution < -0.4 is 4.90 Å². The summed E-state index contributed by atoms with van der Waals surface area (Å²) in [5.41, 5.74) is 0. The Balaban J connectivity index is 1.65. The predicted octanol–water partition coefficient (Wildman–Crippen LogP) is 0.985. The van der Waals surface area contributed by atoms with Gasteiger partial charge in [0.25, 0.3) is 0 Å². The van der Waals surface area contributed by atoms with Crippen LogP contribution in [-0.2, 0) is 6.54 Å². The summed E-state index contributed by atoms with van der Waals surface area (Å²) in [4.78, 5) is 10.9. The minimum absolute atomic E-state index is 0.587. The summed E-state index contributed by atoms with van der Waals surface area (Å²) in [5.74, 6) is 1.42. The Morgan fingerprint density at radius 3 is 2.89 bits per heavy atom. The van der Waals surface area contributed by atoms with E-state index in [9.17, 15) is 0 Å². The van der Waals surface area contributed by atoms with E-state index in [2.05, 4.69) is 25.2 Å². The Morgan fingerprint density at radius 1 is 1.22 bits per heavy atom. The number of aromatic nitrogens is 5. The summed E-state index contributed by atoms with van der Waals surface area (Å²) in [6.07, 6.45) is 9.63. The highest BCUT2D eigenvalue weighted by Crippen LogP contribution is 2.20. The third kappa shape index (κ3) is 2.47. The molecule has 18 heavy (non-hydrogen) atoms. The van der Waals surface area contributed by atoms with E-state index in [0.29, 0.717) is 5.92 Å². The summed E-state index contributed by atoms with van der Waals surface area (Å²) >= 11 is 0. The normalized spacial score (nSPS) is 20.0. The van der Waals surface area contributed by atoms with Crippen molar-refractivity contribution in [1.82, 2.24) is 25.0 Å². The van der Waals surface area contributed by atoms with Gasteiger partial charge in [0.15, 0.2) is 0 Å². The fraction of sp³-hybridized carbons (Fsp3) is 0.500. The molecule has 1 atom stereocenters. The van der Waals surface area contributed by atoms with E-state index in [1.165, 1.54) is 12.8 Å².